The summed E-state index contributed by atoms with van der Waals surface area (Å²) >= 11 is 0. The molecule has 1 fully saturated rings. The highest BCUT2D eigenvalue weighted by Gasteiger charge is 2.25. The molecule has 0 aliphatic carbocycles. The number of hydrogen-bond donors (Lipinski definition) is 1. The van der Waals surface area contributed by atoms with Crippen LogP contribution in [0.5, 0.6) is 0 Å². The summed E-state index contributed by atoms with van der Waals surface area (Å²) in [5.41, 5.74) is -0.655. The first-order valence-electron chi connectivity index (χ1n) is 9.53. The molecule has 0 radical (unpaired) electrons. The lowest BCUT2D eigenvalue weighted by Gasteiger charge is -2.30. The monoisotopic (exact) mass is 423 g/mol. The van der Waals surface area contributed by atoms with Crippen LogP contribution in [0, 0.1) is 29.2 Å². The van der Waals surface area contributed by atoms with Crippen LogP contribution in [-0.2, 0) is 9.53 Å². The molecule has 1 N–H and O–H groups in total. The number of hydrogen-bond acceptors (Lipinski definition) is 3. The van der Waals surface area contributed by atoms with Crippen molar-refractivity contribution in [1.82, 2.24) is 4.90 Å². The molecule has 160 valence electrons. The second-order valence-electron chi connectivity index (χ2n) is 7.13. The van der Waals surface area contributed by atoms with Gasteiger partial charge in [0.05, 0.1) is 12.2 Å². The van der Waals surface area contributed by atoms with Gasteiger partial charge >= 0.3 is 5.97 Å². The van der Waals surface area contributed by atoms with E-state index in [-0.39, 0.29) is 23.3 Å². The largest absolute Gasteiger partial charge is 0.499 e. The Morgan fingerprint density at radius 1 is 1.07 bits per heavy atom. The van der Waals surface area contributed by atoms with E-state index in [1.807, 2.05) is 4.90 Å². The molecule has 4 nitrogen and oxygen atoms in total. The topological polar surface area (TPSA) is 49.8 Å². The number of aliphatic carboxylic acids is 1. The Hall–Kier alpha value is -2.87. The van der Waals surface area contributed by atoms with Gasteiger partial charge in [-0.1, -0.05) is 0 Å². The molecule has 0 aromatic heterocycles. The summed E-state index contributed by atoms with van der Waals surface area (Å²) in [4.78, 5) is 13.1. The zero-order valence-electron chi connectivity index (χ0n) is 16.1. The number of piperidine rings is 1. The van der Waals surface area contributed by atoms with Gasteiger partial charge < -0.3 is 9.84 Å². The molecule has 1 heterocycles. The van der Waals surface area contributed by atoms with Crippen LogP contribution in [0.1, 0.15) is 24.0 Å². The first-order valence-corrected chi connectivity index (χ1v) is 9.53. The second-order valence-corrected chi connectivity index (χ2v) is 7.13. The van der Waals surface area contributed by atoms with E-state index >= 15 is 0 Å². The highest BCUT2D eigenvalue weighted by atomic mass is 19.1. The van der Waals surface area contributed by atoms with Gasteiger partial charge in [-0.05, 0) is 55.8 Å². The number of ether oxygens (including phenoxy) is 1. The normalized spacial score (nSPS) is 16.9. The Bertz CT molecular complexity index is 894. The quantitative estimate of drug-likeness (QED) is 0.406. The van der Waals surface area contributed by atoms with Gasteiger partial charge in [0.15, 0.2) is 0 Å². The zero-order valence-corrected chi connectivity index (χ0v) is 16.1. The van der Waals surface area contributed by atoms with E-state index < -0.39 is 35.2 Å². The number of carbonyl (C=O) groups is 1. The first-order chi connectivity index (χ1) is 14.3. The van der Waals surface area contributed by atoms with Crippen LogP contribution in [0.4, 0.5) is 17.6 Å². The van der Waals surface area contributed by atoms with Crippen molar-refractivity contribution in [2.75, 3.05) is 26.2 Å². The van der Waals surface area contributed by atoms with Crippen LogP contribution in [0.2, 0.25) is 0 Å². The smallest absolute Gasteiger partial charge is 0.307 e. The summed E-state index contributed by atoms with van der Waals surface area (Å²) in [6.07, 6.45) is 2.45. The molecule has 2 aromatic rings. The third-order valence-electron chi connectivity index (χ3n) is 5.02. The molecule has 30 heavy (non-hydrogen) atoms. The molecule has 1 atom stereocenters. The van der Waals surface area contributed by atoms with E-state index in [0.29, 0.717) is 19.5 Å². The van der Waals surface area contributed by atoms with Crippen molar-refractivity contribution in [2.45, 2.75) is 12.8 Å². The molecule has 1 aliphatic heterocycles. The van der Waals surface area contributed by atoms with Crippen LogP contribution in [0.3, 0.4) is 0 Å². The molecule has 8 heteroatoms. The van der Waals surface area contributed by atoms with Gasteiger partial charge in [0, 0.05) is 29.8 Å². The van der Waals surface area contributed by atoms with E-state index in [4.69, 9.17) is 9.84 Å². The van der Waals surface area contributed by atoms with Crippen molar-refractivity contribution in [3.05, 3.63) is 77.1 Å². The maximum absolute atomic E-state index is 14.3. The van der Waals surface area contributed by atoms with Crippen molar-refractivity contribution in [2.24, 2.45) is 5.92 Å². The lowest BCUT2D eigenvalue weighted by Crippen LogP contribution is -2.40. The van der Waals surface area contributed by atoms with Gasteiger partial charge in [-0.25, -0.2) is 17.6 Å². The van der Waals surface area contributed by atoms with E-state index in [9.17, 15) is 22.4 Å². The van der Waals surface area contributed by atoms with E-state index in [2.05, 4.69) is 0 Å². The van der Waals surface area contributed by atoms with Crippen molar-refractivity contribution >= 4 is 11.5 Å². The lowest BCUT2D eigenvalue weighted by atomic mass is 9.98. The molecule has 1 unspecified atom stereocenters. The average Bonchev–Trinajstić information content (AvgIpc) is 2.72. The van der Waals surface area contributed by atoms with Crippen LogP contribution in [-0.4, -0.2) is 42.2 Å². The van der Waals surface area contributed by atoms with Crippen molar-refractivity contribution in [3.8, 4) is 0 Å². The fourth-order valence-electron chi connectivity index (χ4n) is 3.46. The molecule has 1 aliphatic rings. The van der Waals surface area contributed by atoms with Gasteiger partial charge in [-0.15, -0.1) is 0 Å². The predicted octanol–water partition coefficient (Wildman–Crippen LogP) is 4.45. The lowest BCUT2D eigenvalue weighted by molar-refractivity contribution is -0.143. The van der Waals surface area contributed by atoms with E-state index in [0.717, 1.165) is 55.6 Å². The maximum atomic E-state index is 14.3. The van der Waals surface area contributed by atoms with Crippen LogP contribution in [0.25, 0.3) is 5.57 Å². The average molecular weight is 423 g/mol. The number of halogens is 4. The SMILES string of the molecule is O=C(O)C1CCCN(CCOC=C(c2cc(F)ccc2F)c2cc(F)ccc2F)C1. The number of carboxylic acids is 1. The third kappa shape index (κ3) is 5.38. The van der Waals surface area contributed by atoms with Crippen LogP contribution >= 0.6 is 0 Å². The number of benzene rings is 2. The van der Waals surface area contributed by atoms with Gasteiger partial charge in [0.1, 0.15) is 29.9 Å². The Balaban J connectivity index is 1.79. The minimum Gasteiger partial charge on any atom is -0.499 e. The summed E-state index contributed by atoms with van der Waals surface area (Å²) in [6.45, 7) is 1.64. The molecule has 3 rings (SSSR count). The summed E-state index contributed by atoms with van der Waals surface area (Å²) in [6, 6.07) is 5.42. The number of carboxylic acid groups (broad SMARTS) is 1. The zero-order chi connectivity index (χ0) is 21.7. The second kappa shape index (κ2) is 9.75. The first kappa shape index (κ1) is 21.8. The van der Waals surface area contributed by atoms with Crippen molar-refractivity contribution in [1.29, 1.82) is 0 Å². The van der Waals surface area contributed by atoms with Gasteiger partial charge in [-0.2, -0.15) is 0 Å². The van der Waals surface area contributed by atoms with E-state index in [1.165, 1.54) is 0 Å². The molecular formula is C22H21F4NO3. The third-order valence-corrected chi connectivity index (χ3v) is 5.02. The summed E-state index contributed by atoms with van der Waals surface area (Å²) in [5, 5.41) is 9.15. The number of nitrogens with zero attached hydrogens (tertiary/aromatic N) is 1. The highest BCUT2D eigenvalue weighted by molar-refractivity contribution is 5.79. The molecule has 0 bridgehead atoms. The summed E-state index contributed by atoms with van der Waals surface area (Å²) < 4.78 is 61.4. The molecule has 0 spiro atoms. The Morgan fingerprint density at radius 2 is 1.67 bits per heavy atom. The molecule has 2 aromatic carbocycles. The van der Waals surface area contributed by atoms with Crippen LogP contribution in [0.15, 0.2) is 42.7 Å². The number of rotatable bonds is 7. The molecular weight excluding hydrogens is 402 g/mol. The summed E-state index contributed by atoms with van der Waals surface area (Å²) in [7, 11) is 0. The Morgan fingerprint density at radius 3 is 2.23 bits per heavy atom. The van der Waals surface area contributed by atoms with Gasteiger partial charge in [0.2, 0.25) is 0 Å². The Labute approximate surface area is 171 Å². The van der Waals surface area contributed by atoms with Gasteiger partial charge in [0.25, 0.3) is 0 Å². The summed E-state index contributed by atoms with van der Waals surface area (Å²) in [5.74, 6) is -4.37. The standard InChI is InChI=1S/C22H21F4NO3/c23-15-3-5-20(25)17(10-15)19(18-11-16(24)4-6-21(18)26)13-30-9-8-27-7-1-2-14(12-27)22(28)29/h3-6,10-11,13-14H,1-2,7-9,12H2,(H,28,29). The minimum absolute atomic E-state index is 0.115. The number of likely N-dealkylation sites (tertiary alicyclic amines) is 1. The molecule has 0 amide bonds. The Kier molecular flexibility index (Phi) is 7.10. The van der Waals surface area contributed by atoms with Crippen molar-refractivity contribution in [3.63, 3.8) is 0 Å². The highest BCUT2D eigenvalue weighted by Crippen LogP contribution is 2.29. The molecule has 1 saturated heterocycles. The predicted molar refractivity (Wildman–Crippen MR) is 103 cm³/mol. The van der Waals surface area contributed by atoms with Crippen molar-refractivity contribution < 1.29 is 32.2 Å². The van der Waals surface area contributed by atoms with E-state index in [1.54, 1.807) is 0 Å². The van der Waals surface area contributed by atoms with Gasteiger partial charge in [-0.3, -0.25) is 9.69 Å². The van der Waals surface area contributed by atoms with Crippen LogP contribution < -0.4 is 0 Å². The minimum atomic E-state index is -0.842. The fraction of sp³-hybridized carbons (Fsp3) is 0.318. The molecule has 0 saturated carbocycles. The maximum Gasteiger partial charge on any atom is 0.307 e. The fourth-order valence-corrected chi connectivity index (χ4v) is 3.46.